The highest BCUT2D eigenvalue weighted by Crippen LogP contribution is 2.40. The van der Waals surface area contributed by atoms with E-state index in [0.717, 1.165) is 68.4 Å². The molecule has 2 aliphatic carbocycles. The van der Waals surface area contributed by atoms with Crippen LogP contribution in [0.15, 0.2) is 28.8 Å². The Balaban J connectivity index is 1.08. The molecule has 6 rings (SSSR count). The number of alkyl carbamates (subject to hydrolysis) is 1. The van der Waals surface area contributed by atoms with Gasteiger partial charge in [-0.15, -0.1) is 10.2 Å². The van der Waals surface area contributed by atoms with E-state index < -0.39 is 5.60 Å². The summed E-state index contributed by atoms with van der Waals surface area (Å²) in [5.41, 5.74) is 1.62. The fourth-order valence-corrected chi connectivity index (χ4v) is 7.08. The molecule has 2 fully saturated rings. The topological polar surface area (TPSA) is 160 Å². The molecular weight excluding hydrogens is 626 g/mol. The van der Waals surface area contributed by atoms with Gasteiger partial charge in [-0.05, 0) is 83.9 Å². The predicted molar refractivity (Wildman–Crippen MR) is 186 cm³/mol. The van der Waals surface area contributed by atoms with Gasteiger partial charge >= 0.3 is 6.09 Å². The molecule has 14 nitrogen and oxygen atoms in total. The molecular formula is C35H49N9O5. The number of benzene rings is 1. The number of hydrogen-bond acceptors (Lipinski definition) is 12. The lowest BCUT2D eigenvalue weighted by atomic mass is 9.91. The summed E-state index contributed by atoms with van der Waals surface area (Å²) in [4.78, 5) is 38.8. The van der Waals surface area contributed by atoms with Gasteiger partial charge in [0.15, 0.2) is 5.82 Å². The number of ether oxygens (including phenoxy) is 2. The van der Waals surface area contributed by atoms with Crippen LogP contribution in [0, 0.1) is 0 Å². The zero-order chi connectivity index (χ0) is 34.7. The SMILES string of the molecule is CC[C@@H]1C(=O)N(C)c2cnc(Nc3ccc(-c4nnc(CNC5CCC(NC(=O)OC(C)(C)C)CC5)o4)cc3OC)nc2N1C1CCCC1. The molecule has 14 heteroatoms. The summed E-state index contributed by atoms with van der Waals surface area (Å²) in [5, 5.41) is 18.4. The van der Waals surface area contributed by atoms with Crippen molar-refractivity contribution in [2.24, 2.45) is 0 Å². The molecule has 0 saturated heterocycles. The molecule has 264 valence electrons. The molecule has 1 aliphatic heterocycles. The second-order valence-electron chi connectivity index (χ2n) is 14.2. The van der Waals surface area contributed by atoms with Gasteiger partial charge in [0.25, 0.3) is 0 Å². The van der Waals surface area contributed by atoms with Gasteiger partial charge in [-0.1, -0.05) is 19.8 Å². The molecule has 2 amide bonds. The van der Waals surface area contributed by atoms with Crippen LogP contribution in [0.3, 0.4) is 0 Å². The maximum absolute atomic E-state index is 13.2. The quantitative estimate of drug-likeness (QED) is 0.241. The van der Waals surface area contributed by atoms with E-state index in [9.17, 15) is 9.59 Å². The third-order valence-electron chi connectivity index (χ3n) is 9.56. The van der Waals surface area contributed by atoms with E-state index in [4.69, 9.17) is 18.9 Å². The van der Waals surface area contributed by atoms with Gasteiger partial charge in [-0.3, -0.25) is 4.79 Å². The zero-order valence-corrected chi connectivity index (χ0v) is 29.4. The molecule has 0 radical (unpaired) electrons. The number of amides is 2. The molecule has 3 aliphatic rings. The van der Waals surface area contributed by atoms with Gasteiger partial charge in [0, 0.05) is 30.7 Å². The number of anilines is 4. The number of nitrogens with zero attached hydrogens (tertiary/aromatic N) is 6. The van der Waals surface area contributed by atoms with E-state index in [0.29, 0.717) is 48.2 Å². The second kappa shape index (κ2) is 14.6. The highest BCUT2D eigenvalue weighted by molar-refractivity contribution is 6.04. The number of nitrogens with one attached hydrogen (secondary N) is 3. The summed E-state index contributed by atoms with van der Waals surface area (Å²) in [6, 6.07) is 6.06. The summed E-state index contributed by atoms with van der Waals surface area (Å²) in [6.45, 7) is 8.09. The van der Waals surface area contributed by atoms with Crippen LogP contribution in [0.5, 0.6) is 5.75 Å². The first-order chi connectivity index (χ1) is 23.5. The van der Waals surface area contributed by atoms with Crippen LogP contribution in [0.2, 0.25) is 0 Å². The van der Waals surface area contributed by atoms with Gasteiger partial charge in [-0.25, -0.2) is 9.78 Å². The number of likely N-dealkylation sites (N-methyl/N-ethyl adjacent to an activating group) is 1. The second-order valence-corrected chi connectivity index (χ2v) is 14.2. The van der Waals surface area contributed by atoms with Crippen molar-refractivity contribution in [2.75, 3.05) is 29.3 Å². The fraction of sp³-hybridized carbons (Fsp3) is 0.600. The summed E-state index contributed by atoms with van der Waals surface area (Å²) in [7, 11) is 3.40. The van der Waals surface area contributed by atoms with Gasteiger partial charge in [0.1, 0.15) is 23.1 Å². The van der Waals surface area contributed by atoms with Gasteiger partial charge in [0.2, 0.25) is 23.6 Å². The summed E-state index contributed by atoms with van der Waals surface area (Å²) in [6.07, 6.45) is 10.1. The third-order valence-corrected chi connectivity index (χ3v) is 9.56. The number of carbonyl (C=O) groups is 2. The highest BCUT2D eigenvalue weighted by atomic mass is 16.6. The number of aromatic nitrogens is 4. The maximum atomic E-state index is 13.2. The Morgan fingerprint density at radius 1 is 1.06 bits per heavy atom. The Labute approximate surface area is 287 Å². The average molecular weight is 676 g/mol. The lowest BCUT2D eigenvalue weighted by Gasteiger charge is -2.43. The van der Waals surface area contributed by atoms with Crippen LogP contribution >= 0.6 is 0 Å². The normalized spacial score (nSPS) is 21.4. The van der Waals surface area contributed by atoms with Crippen molar-refractivity contribution in [1.29, 1.82) is 0 Å². The van der Waals surface area contributed by atoms with Crippen molar-refractivity contribution in [1.82, 2.24) is 30.8 Å². The smallest absolute Gasteiger partial charge is 0.407 e. The van der Waals surface area contributed by atoms with Crippen molar-refractivity contribution in [3.63, 3.8) is 0 Å². The Bertz CT molecular complexity index is 1630. The minimum Gasteiger partial charge on any atom is -0.495 e. The lowest BCUT2D eigenvalue weighted by molar-refractivity contribution is -0.120. The summed E-state index contributed by atoms with van der Waals surface area (Å²) >= 11 is 0. The average Bonchev–Trinajstić information content (AvgIpc) is 3.78. The molecule has 1 atom stereocenters. The van der Waals surface area contributed by atoms with Gasteiger partial charge in [-0.2, -0.15) is 4.98 Å². The molecule has 3 aromatic rings. The molecule has 1 aromatic carbocycles. The zero-order valence-electron chi connectivity index (χ0n) is 29.4. The Kier molecular flexibility index (Phi) is 10.2. The molecule has 49 heavy (non-hydrogen) atoms. The van der Waals surface area contributed by atoms with Crippen LogP contribution < -0.4 is 30.5 Å². The van der Waals surface area contributed by atoms with E-state index in [-0.39, 0.29) is 30.1 Å². The number of carbonyl (C=O) groups excluding carboxylic acids is 2. The van der Waals surface area contributed by atoms with Crippen molar-refractivity contribution in [2.45, 2.75) is 122 Å². The molecule has 3 heterocycles. The van der Waals surface area contributed by atoms with E-state index in [1.165, 1.54) is 0 Å². The molecule has 2 saturated carbocycles. The van der Waals surface area contributed by atoms with Crippen LogP contribution in [-0.4, -0.2) is 76.1 Å². The molecule has 3 N–H and O–H groups in total. The molecule has 0 spiro atoms. The van der Waals surface area contributed by atoms with E-state index in [2.05, 4.69) is 43.0 Å². The third kappa shape index (κ3) is 7.90. The number of hydrogen-bond donors (Lipinski definition) is 3. The minimum atomic E-state index is -0.509. The molecule has 0 unspecified atom stereocenters. The van der Waals surface area contributed by atoms with E-state index in [1.807, 2.05) is 39.0 Å². The van der Waals surface area contributed by atoms with Crippen molar-refractivity contribution >= 4 is 35.1 Å². The van der Waals surface area contributed by atoms with Gasteiger partial charge in [0.05, 0.1) is 25.5 Å². The first-order valence-corrected chi connectivity index (χ1v) is 17.5. The van der Waals surface area contributed by atoms with Crippen LogP contribution in [-0.2, 0) is 16.1 Å². The molecule has 2 aromatic heterocycles. The monoisotopic (exact) mass is 675 g/mol. The summed E-state index contributed by atoms with van der Waals surface area (Å²) < 4.78 is 17.1. The Morgan fingerprint density at radius 3 is 2.49 bits per heavy atom. The van der Waals surface area contributed by atoms with Crippen molar-refractivity contribution < 1.29 is 23.5 Å². The van der Waals surface area contributed by atoms with Crippen LogP contribution in [0.4, 0.5) is 27.9 Å². The molecule has 0 bridgehead atoms. The largest absolute Gasteiger partial charge is 0.495 e. The maximum Gasteiger partial charge on any atom is 0.407 e. The van der Waals surface area contributed by atoms with E-state index in [1.54, 1.807) is 25.3 Å². The first-order valence-electron chi connectivity index (χ1n) is 17.5. The van der Waals surface area contributed by atoms with Crippen molar-refractivity contribution in [3.05, 3.63) is 30.3 Å². The van der Waals surface area contributed by atoms with Crippen LogP contribution in [0.25, 0.3) is 11.5 Å². The van der Waals surface area contributed by atoms with Crippen LogP contribution in [0.1, 0.15) is 91.4 Å². The first kappa shape index (κ1) is 34.4. The van der Waals surface area contributed by atoms with Crippen molar-refractivity contribution in [3.8, 4) is 17.2 Å². The minimum absolute atomic E-state index is 0.0836. The summed E-state index contributed by atoms with van der Waals surface area (Å²) in [5.74, 6) is 2.74. The lowest BCUT2D eigenvalue weighted by Crippen LogP contribution is -2.55. The fourth-order valence-electron chi connectivity index (χ4n) is 7.08. The number of fused-ring (bicyclic) bond motifs is 1. The van der Waals surface area contributed by atoms with Gasteiger partial charge < -0.3 is 39.6 Å². The number of methoxy groups -OCH3 is 1. The Hall–Kier alpha value is -4.46. The highest BCUT2D eigenvalue weighted by Gasteiger charge is 2.41. The number of rotatable bonds is 10. The Morgan fingerprint density at radius 2 is 1.80 bits per heavy atom. The predicted octanol–water partition coefficient (Wildman–Crippen LogP) is 5.71. The standard InChI is InChI=1S/C35H49N9O5/c1-7-26-32(45)43(5)27-19-37-33(40-30(27)44(26)24-10-8-9-11-24)39-25-17-12-21(18-28(25)47-6)31-42-41-29(48-31)20-36-22-13-15-23(16-14-22)38-34(46)49-35(2,3)4/h12,17-19,22-24,26,36H,7-11,13-16,20H2,1-6H3,(H,38,46)(H,37,39,40)/t22?,23?,26-/m1/s1. The van der Waals surface area contributed by atoms with E-state index >= 15 is 0 Å².